The molecule has 2 rings (SSSR count). The molecule has 0 saturated carbocycles. The molecule has 2 bridgehead atoms. The van der Waals surface area contributed by atoms with E-state index in [0.717, 1.165) is 43.9 Å². The van der Waals surface area contributed by atoms with Crippen LogP contribution in [-0.2, 0) is 9.59 Å². The number of carbonyl (C=O) groups is 2. The number of unbranched alkanes of at least 4 members (excludes halogenated alkanes) is 2. The van der Waals surface area contributed by atoms with E-state index in [9.17, 15) is 24.9 Å². The first-order valence-electron chi connectivity index (χ1n) is 8.95. The maximum absolute atomic E-state index is 11.8. The van der Waals surface area contributed by atoms with Crippen LogP contribution in [0.25, 0.3) is 0 Å². The van der Waals surface area contributed by atoms with Crippen molar-refractivity contribution in [3.63, 3.8) is 0 Å². The van der Waals surface area contributed by atoms with Gasteiger partial charge >= 0.3 is 11.9 Å². The number of fused-ring (bicyclic) bond motifs is 2. The Morgan fingerprint density at radius 1 is 1.07 bits per heavy atom. The SMILES string of the molecule is CCCCC[C@@H](C)NC[C@H](O)c1cc(O)c2c(O)c1OC(=O)/C=C/C(=O)O2. The number of hydrogen-bond acceptors (Lipinski definition) is 8. The fourth-order valence-electron chi connectivity index (χ4n) is 2.73. The van der Waals surface area contributed by atoms with E-state index in [4.69, 9.17) is 9.47 Å². The number of phenols is 2. The van der Waals surface area contributed by atoms with Crippen molar-refractivity contribution in [2.75, 3.05) is 6.54 Å². The Morgan fingerprint density at radius 2 is 1.70 bits per heavy atom. The van der Waals surface area contributed by atoms with Crippen LogP contribution >= 0.6 is 0 Å². The first-order chi connectivity index (χ1) is 12.8. The van der Waals surface area contributed by atoms with Crippen molar-refractivity contribution in [3.05, 3.63) is 23.8 Å². The summed E-state index contributed by atoms with van der Waals surface area (Å²) in [5.74, 6) is -4.06. The molecule has 0 unspecified atom stereocenters. The average molecular weight is 379 g/mol. The van der Waals surface area contributed by atoms with E-state index in [2.05, 4.69) is 12.2 Å². The van der Waals surface area contributed by atoms with E-state index in [1.54, 1.807) is 0 Å². The Labute approximate surface area is 157 Å². The molecule has 148 valence electrons. The van der Waals surface area contributed by atoms with Crippen molar-refractivity contribution in [2.45, 2.75) is 51.7 Å². The quantitative estimate of drug-likeness (QED) is 0.307. The summed E-state index contributed by atoms with van der Waals surface area (Å²) in [6, 6.07) is 1.26. The predicted octanol–water partition coefficient (Wildman–Crippen LogP) is 2.07. The van der Waals surface area contributed by atoms with Crippen LogP contribution in [0.5, 0.6) is 23.0 Å². The molecule has 0 spiro atoms. The number of esters is 2. The minimum Gasteiger partial charge on any atom is -0.504 e. The summed E-state index contributed by atoms with van der Waals surface area (Å²) in [5, 5.41) is 34.0. The highest BCUT2D eigenvalue weighted by Gasteiger charge is 2.28. The normalized spacial score (nSPS) is 17.1. The van der Waals surface area contributed by atoms with Gasteiger partial charge in [0.05, 0.1) is 6.10 Å². The Morgan fingerprint density at radius 3 is 2.33 bits per heavy atom. The molecular weight excluding hydrogens is 354 g/mol. The summed E-state index contributed by atoms with van der Waals surface area (Å²) in [6.07, 6.45) is 4.73. The van der Waals surface area contributed by atoms with E-state index >= 15 is 0 Å². The minimum absolute atomic E-state index is 0.00158. The van der Waals surface area contributed by atoms with Crippen LogP contribution in [0.3, 0.4) is 0 Å². The molecule has 1 aliphatic heterocycles. The third kappa shape index (κ3) is 5.45. The molecule has 1 aromatic rings. The number of aliphatic hydroxyl groups excluding tert-OH is 1. The zero-order valence-corrected chi connectivity index (χ0v) is 15.4. The molecule has 27 heavy (non-hydrogen) atoms. The van der Waals surface area contributed by atoms with Gasteiger partial charge in [-0.05, 0) is 19.4 Å². The van der Waals surface area contributed by atoms with Gasteiger partial charge in [-0.2, -0.15) is 0 Å². The molecule has 0 aliphatic carbocycles. The maximum atomic E-state index is 11.8. The van der Waals surface area contributed by atoms with Gasteiger partial charge < -0.3 is 30.1 Å². The number of carbonyl (C=O) groups excluding carboxylic acids is 2. The van der Waals surface area contributed by atoms with Crippen molar-refractivity contribution >= 4 is 11.9 Å². The summed E-state index contributed by atoms with van der Waals surface area (Å²) in [7, 11) is 0. The summed E-state index contributed by atoms with van der Waals surface area (Å²) < 4.78 is 9.86. The van der Waals surface area contributed by atoms with E-state index < -0.39 is 35.3 Å². The van der Waals surface area contributed by atoms with Crippen molar-refractivity contribution < 1.29 is 34.4 Å². The molecule has 1 heterocycles. The summed E-state index contributed by atoms with van der Waals surface area (Å²) in [5.41, 5.74) is 0.00158. The smallest absolute Gasteiger partial charge is 0.336 e. The lowest BCUT2D eigenvalue weighted by molar-refractivity contribution is -0.131. The number of aromatic hydroxyl groups is 2. The highest BCUT2D eigenvalue weighted by molar-refractivity contribution is 5.95. The molecule has 0 saturated heterocycles. The molecule has 8 nitrogen and oxygen atoms in total. The van der Waals surface area contributed by atoms with Crippen LogP contribution in [-0.4, -0.2) is 39.8 Å². The fraction of sp³-hybridized carbons (Fsp3) is 0.474. The van der Waals surface area contributed by atoms with Crippen molar-refractivity contribution in [1.82, 2.24) is 5.32 Å². The molecule has 8 heteroatoms. The molecule has 0 radical (unpaired) electrons. The predicted molar refractivity (Wildman–Crippen MR) is 96.7 cm³/mol. The molecule has 1 aliphatic rings. The van der Waals surface area contributed by atoms with Crippen LogP contribution in [0, 0.1) is 0 Å². The maximum Gasteiger partial charge on any atom is 0.336 e. The first kappa shape index (κ1) is 20.7. The van der Waals surface area contributed by atoms with Crippen LogP contribution < -0.4 is 14.8 Å². The standard InChI is InChI=1S/C19H25NO7/c1-3-4-5-6-11(2)20-10-14(22)12-9-13(21)19-17(25)18(12)26-15(23)7-8-16(24)27-19/h7-9,11,14,20-22,25H,3-6,10H2,1-2H3/b8-7+/t11-,14+/m1/s1. The van der Waals surface area contributed by atoms with Gasteiger partial charge in [-0.1, -0.05) is 26.2 Å². The Hall–Kier alpha value is -2.58. The van der Waals surface area contributed by atoms with Crippen LogP contribution in [0.15, 0.2) is 18.2 Å². The number of rotatable bonds is 8. The average Bonchev–Trinajstić information content (AvgIpc) is 2.66. The lowest BCUT2D eigenvalue weighted by atomic mass is 10.0. The largest absolute Gasteiger partial charge is 0.504 e. The van der Waals surface area contributed by atoms with Gasteiger partial charge in [-0.25, -0.2) is 9.59 Å². The van der Waals surface area contributed by atoms with Gasteiger partial charge in [0.25, 0.3) is 0 Å². The van der Waals surface area contributed by atoms with Gasteiger partial charge in [0, 0.05) is 30.3 Å². The summed E-state index contributed by atoms with van der Waals surface area (Å²) in [4.78, 5) is 23.3. The zero-order chi connectivity index (χ0) is 20.0. The molecule has 0 aromatic heterocycles. The molecule has 0 amide bonds. The third-order valence-corrected chi connectivity index (χ3v) is 4.24. The van der Waals surface area contributed by atoms with Crippen LogP contribution in [0.1, 0.15) is 51.2 Å². The van der Waals surface area contributed by atoms with Crippen molar-refractivity contribution in [3.8, 4) is 23.0 Å². The van der Waals surface area contributed by atoms with E-state index in [0.29, 0.717) is 0 Å². The zero-order valence-electron chi connectivity index (χ0n) is 15.4. The lowest BCUT2D eigenvalue weighted by Crippen LogP contribution is -2.30. The van der Waals surface area contributed by atoms with Gasteiger partial charge in [-0.15, -0.1) is 0 Å². The number of nitrogens with one attached hydrogen (secondary N) is 1. The monoisotopic (exact) mass is 379 g/mol. The number of benzene rings is 1. The lowest BCUT2D eigenvalue weighted by Gasteiger charge is -2.20. The molecule has 1 aromatic carbocycles. The summed E-state index contributed by atoms with van der Waals surface area (Å²) >= 11 is 0. The second-order valence-electron chi connectivity index (χ2n) is 6.49. The second-order valence-corrected chi connectivity index (χ2v) is 6.49. The van der Waals surface area contributed by atoms with E-state index in [-0.39, 0.29) is 23.9 Å². The van der Waals surface area contributed by atoms with Crippen LogP contribution in [0.2, 0.25) is 0 Å². The first-order valence-corrected chi connectivity index (χ1v) is 8.95. The highest BCUT2D eigenvalue weighted by atomic mass is 16.6. The highest BCUT2D eigenvalue weighted by Crippen LogP contribution is 2.47. The van der Waals surface area contributed by atoms with Crippen molar-refractivity contribution in [2.24, 2.45) is 0 Å². The number of hydrogen-bond donors (Lipinski definition) is 4. The topological polar surface area (TPSA) is 125 Å². The molecule has 4 N–H and O–H groups in total. The molecule has 0 fully saturated rings. The fourth-order valence-corrected chi connectivity index (χ4v) is 2.73. The molecular formula is C19H25NO7. The van der Waals surface area contributed by atoms with Gasteiger partial charge in [-0.3, -0.25) is 0 Å². The Kier molecular flexibility index (Phi) is 7.20. The van der Waals surface area contributed by atoms with E-state index in [1.165, 1.54) is 0 Å². The third-order valence-electron chi connectivity index (χ3n) is 4.24. The molecule has 2 atom stereocenters. The Balaban J connectivity index is 2.21. The minimum atomic E-state index is -1.17. The van der Waals surface area contributed by atoms with Gasteiger partial charge in [0.15, 0.2) is 11.5 Å². The summed E-state index contributed by atoms with van der Waals surface area (Å²) in [6.45, 7) is 4.23. The number of ether oxygens (including phenoxy) is 2. The van der Waals surface area contributed by atoms with E-state index in [1.807, 2.05) is 6.92 Å². The van der Waals surface area contributed by atoms with Crippen molar-refractivity contribution in [1.29, 1.82) is 0 Å². The second kappa shape index (κ2) is 9.38. The Bertz CT molecular complexity index is 729. The van der Waals surface area contributed by atoms with Gasteiger partial charge in [0.1, 0.15) is 0 Å². The number of aliphatic hydroxyl groups is 1. The van der Waals surface area contributed by atoms with Crippen LogP contribution in [0.4, 0.5) is 0 Å². The van der Waals surface area contributed by atoms with Gasteiger partial charge in [0.2, 0.25) is 11.5 Å². The number of phenolic OH excluding ortho intramolecular Hbond substituents is 2.